The van der Waals surface area contributed by atoms with Gasteiger partial charge in [0.2, 0.25) is 0 Å². The van der Waals surface area contributed by atoms with Crippen LogP contribution >= 0.6 is 0 Å². The molecule has 1 aliphatic rings. The summed E-state index contributed by atoms with van der Waals surface area (Å²) in [4.78, 5) is 13.2. The summed E-state index contributed by atoms with van der Waals surface area (Å²) in [5.74, 6) is 5.21. The maximum Gasteiger partial charge on any atom is 0.295 e. The summed E-state index contributed by atoms with van der Waals surface area (Å²) >= 11 is 0. The molecule has 0 spiro atoms. The number of ether oxygens (including phenoxy) is 1. The summed E-state index contributed by atoms with van der Waals surface area (Å²) in [5.41, 5.74) is 0. The Morgan fingerprint density at radius 3 is 3.12 bits per heavy atom. The predicted molar refractivity (Wildman–Crippen MR) is 62.9 cm³/mol. The van der Waals surface area contributed by atoms with Gasteiger partial charge in [0.15, 0.2) is 0 Å². The van der Waals surface area contributed by atoms with Crippen molar-refractivity contribution in [1.82, 2.24) is 10.2 Å². The zero-order valence-corrected chi connectivity index (χ0v) is 10.1. The topological polar surface area (TPSA) is 41.6 Å². The molecule has 1 fully saturated rings. The highest BCUT2D eigenvalue weighted by Crippen LogP contribution is 2.17. The molecule has 1 atom stereocenters. The lowest BCUT2D eigenvalue weighted by Gasteiger charge is -2.22. The highest BCUT2D eigenvalue weighted by atomic mass is 16.5. The lowest BCUT2D eigenvalue weighted by atomic mass is 10.2. The van der Waals surface area contributed by atoms with Crippen molar-refractivity contribution in [2.45, 2.75) is 25.3 Å². The molecule has 1 saturated heterocycles. The first-order valence-electron chi connectivity index (χ1n) is 5.71. The van der Waals surface area contributed by atoms with Crippen molar-refractivity contribution >= 4 is 5.91 Å². The van der Waals surface area contributed by atoms with Gasteiger partial charge in [-0.15, -0.1) is 0 Å². The van der Waals surface area contributed by atoms with Gasteiger partial charge in [0.05, 0.1) is 6.61 Å². The van der Waals surface area contributed by atoms with Crippen LogP contribution in [0.1, 0.15) is 19.3 Å². The van der Waals surface area contributed by atoms with E-state index < -0.39 is 0 Å². The van der Waals surface area contributed by atoms with Gasteiger partial charge in [-0.05, 0) is 25.3 Å². The Morgan fingerprint density at radius 2 is 2.44 bits per heavy atom. The molecular formula is C12H20N2O2. The van der Waals surface area contributed by atoms with Gasteiger partial charge in [-0.2, -0.15) is 0 Å². The molecule has 16 heavy (non-hydrogen) atoms. The first-order valence-corrected chi connectivity index (χ1v) is 5.71. The highest BCUT2D eigenvalue weighted by molar-refractivity contribution is 5.93. The van der Waals surface area contributed by atoms with Crippen molar-refractivity contribution in [3.05, 3.63) is 0 Å². The molecule has 1 heterocycles. The Balaban J connectivity index is 2.25. The molecule has 1 unspecified atom stereocenters. The molecule has 0 aromatic heterocycles. The van der Waals surface area contributed by atoms with E-state index in [0.717, 1.165) is 26.1 Å². The van der Waals surface area contributed by atoms with E-state index >= 15 is 0 Å². The van der Waals surface area contributed by atoms with Crippen molar-refractivity contribution in [3.63, 3.8) is 0 Å². The largest absolute Gasteiger partial charge is 0.383 e. The van der Waals surface area contributed by atoms with Crippen molar-refractivity contribution in [2.24, 2.45) is 0 Å². The number of carbonyl (C=O) groups excluding carboxylic acids is 1. The van der Waals surface area contributed by atoms with Gasteiger partial charge in [-0.25, -0.2) is 0 Å². The third-order valence-corrected chi connectivity index (χ3v) is 2.81. The van der Waals surface area contributed by atoms with Crippen LogP contribution in [-0.2, 0) is 9.53 Å². The second-order valence-corrected chi connectivity index (χ2v) is 3.92. The molecule has 0 radical (unpaired) electrons. The van der Waals surface area contributed by atoms with Crippen LogP contribution in [0.2, 0.25) is 0 Å². The zero-order valence-electron chi connectivity index (χ0n) is 10.1. The van der Waals surface area contributed by atoms with E-state index in [1.165, 1.54) is 12.8 Å². The first kappa shape index (κ1) is 13.0. The van der Waals surface area contributed by atoms with Crippen LogP contribution < -0.4 is 5.32 Å². The molecule has 1 N–H and O–H groups in total. The number of nitrogens with zero attached hydrogens (tertiary/aromatic N) is 1. The number of carbonyl (C=O) groups is 1. The number of likely N-dealkylation sites (tertiary alicyclic amines) is 1. The van der Waals surface area contributed by atoms with Gasteiger partial charge in [0.25, 0.3) is 5.91 Å². The molecule has 0 aromatic carbocycles. The summed E-state index contributed by atoms with van der Waals surface area (Å²) < 4.78 is 5.18. The summed E-state index contributed by atoms with van der Waals surface area (Å²) in [7, 11) is 3.33. The van der Waals surface area contributed by atoms with E-state index in [4.69, 9.17) is 4.74 Å². The van der Waals surface area contributed by atoms with E-state index in [0.29, 0.717) is 6.04 Å². The first-order chi connectivity index (χ1) is 7.77. The molecule has 0 saturated carbocycles. The summed E-state index contributed by atoms with van der Waals surface area (Å²) in [6.45, 7) is 2.84. The van der Waals surface area contributed by atoms with Crippen molar-refractivity contribution in [2.75, 3.05) is 33.9 Å². The Bertz CT molecular complexity index is 280. The standard InChI is InChI=1S/C12H20N2O2/c1-13-12(15)7-3-4-8-14-9-5-6-11(14)10-16-2/h11H,4-6,8-10H2,1-2H3,(H,13,15). The minimum Gasteiger partial charge on any atom is -0.383 e. The van der Waals surface area contributed by atoms with E-state index in [1.807, 2.05) is 0 Å². The molecule has 1 rings (SSSR count). The Labute approximate surface area is 97.3 Å². The van der Waals surface area contributed by atoms with Gasteiger partial charge in [-0.3, -0.25) is 9.69 Å². The van der Waals surface area contributed by atoms with Crippen LogP contribution in [0.15, 0.2) is 0 Å². The van der Waals surface area contributed by atoms with E-state index in [1.54, 1.807) is 14.2 Å². The van der Waals surface area contributed by atoms with Gasteiger partial charge >= 0.3 is 0 Å². The monoisotopic (exact) mass is 224 g/mol. The number of nitrogens with one attached hydrogen (secondary N) is 1. The Kier molecular flexibility index (Phi) is 5.91. The molecule has 0 aliphatic carbocycles. The van der Waals surface area contributed by atoms with Crippen LogP contribution in [-0.4, -0.2) is 50.7 Å². The lowest BCUT2D eigenvalue weighted by molar-refractivity contribution is -0.115. The average molecular weight is 224 g/mol. The van der Waals surface area contributed by atoms with Crippen LogP contribution in [0.4, 0.5) is 0 Å². The Hall–Kier alpha value is -1.05. The van der Waals surface area contributed by atoms with Crippen LogP contribution in [0.3, 0.4) is 0 Å². The number of rotatable bonds is 4. The maximum absolute atomic E-state index is 10.9. The van der Waals surface area contributed by atoms with Gasteiger partial charge in [-0.1, -0.05) is 5.92 Å². The number of amides is 1. The van der Waals surface area contributed by atoms with Crippen LogP contribution in [0.25, 0.3) is 0 Å². The minimum atomic E-state index is -0.213. The number of hydrogen-bond acceptors (Lipinski definition) is 3. The van der Waals surface area contributed by atoms with Gasteiger partial charge in [0.1, 0.15) is 0 Å². The van der Waals surface area contributed by atoms with Crippen molar-refractivity contribution in [3.8, 4) is 11.8 Å². The molecule has 4 heteroatoms. The van der Waals surface area contributed by atoms with E-state index in [9.17, 15) is 4.79 Å². The Morgan fingerprint density at radius 1 is 1.62 bits per heavy atom. The smallest absolute Gasteiger partial charge is 0.295 e. The fraction of sp³-hybridized carbons (Fsp3) is 0.750. The van der Waals surface area contributed by atoms with Crippen molar-refractivity contribution < 1.29 is 9.53 Å². The summed E-state index contributed by atoms with van der Waals surface area (Å²) in [6.07, 6.45) is 3.18. The summed E-state index contributed by atoms with van der Waals surface area (Å²) in [6, 6.07) is 0.534. The van der Waals surface area contributed by atoms with Crippen LogP contribution in [0, 0.1) is 11.8 Å². The summed E-state index contributed by atoms with van der Waals surface area (Å²) in [5, 5.41) is 2.48. The molecule has 0 bridgehead atoms. The average Bonchev–Trinajstić information content (AvgIpc) is 2.72. The van der Waals surface area contributed by atoms with Gasteiger partial charge < -0.3 is 10.1 Å². The highest BCUT2D eigenvalue weighted by Gasteiger charge is 2.23. The maximum atomic E-state index is 10.9. The number of hydrogen-bond donors (Lipinski definition) is 1. The minimum absolute atomic E-state index is 0.213. The fourth-order valence-corrected chi connectivity index (χ4v) is 1.98. The van der Waals surface area contributed by atoms with Crippen molar-refractivity contribution in [1.29, 1.82) is 0 Å². The lowest BCUT2D eigenvalue weighted by Crippen LogP contribution is -2.33. The third-order valence-electron chi connectivity index (χ3n) is 2.81. The third kappa shape index (κ3) is 4.21. The fourth-order valence-electron chi connectivity index (χ4n) is 1.98. The number of methoxy groups -OCH3 is 1. The normalized spacial score (nSPS) is 20.2. The second-order valence-electron chi connectivity index (χ2n) is 3.92. The SMILES string of the molecule is CNC(=O)C#CCCN1CCCC1COC. The predicted octanol–water partition coefficient (Wildman–Crippen LogP) is 0.237. The van der Waals surface area contributed by atoms with Crippen LogP contribution in [0.5, 0.6) is 0 Å². The quantitative estimate of drug-likeness (QED) is 0.695. The molecule has 1 aliphatic heterocycles. The van der Waals surface area contributed by atoms with Gasteiger partial charge in [0, 0.05) is 33.2 Å². The molecule has 4 nitrogen and oxygen atoms in total. The molecule has 90 valence electrons. The molecule has 1 amide bonds. The van der Waals surface area contributed by atoms with E-state index in [2.05, 4.69) is 22.1 Å². The second kappa shape index (κ2) is 7.26. The molecular weight excluding hydrogens is 204 g/mol. The molecule has 0 aromatic rings. The van der Waals surface area contributed by atoms with E-state index in [-0.39, 0.29) is 5.91 Å². The zero-order chi connectivity index (χ0) is 11.8.